The minimum Gasteiger partial charge on any atom is -0.328 e. The predicted molar refractivity (Wildman–Crippen MR) is 87.1 cm³/mol. The van der Waals surface area contributed by atoms with Crippen molar-refractivity contribution in [2.24, 2.45) is 5.73 Å². The molecule has 4 heterocycles. The fraction of sp³-hybridized carbons (Fsp3) is 0.471. The van der Waals surface area contributed by atoms with Gasteiger partial charge in [0.2, 0.25) is 0 Å². The molecule has 0 radical (unpaired) electrons. The Bertz CT molecular complexity index is 858. The fourth-order valence-electron chi connectivity index (χ4n) is 3.88. The lowest BCUT2D eigenvalue weighted by molar-refractivity contribution is 0.199. The number of hydrogen-bond donors (Lipinski definition) is 1. The van der Waals surface area contributed by atoms with Crippen molar-refractivity contribution >= 4 is 11.0 Å². The van der Waals surface area contributed by atoms with Crippen LogP contribution in [-0.4, -0.2) is 40.1 Å². The zero-order valence-corrected chi connectivity index (χ0v) is 12.9. The van der Waals surface area contributed by atoms with Gasteiger partial charge in [-0.2, -0.15) is 5.26 Å². The normalized spacial score (nSPS) is 21.7. The first-order chi connectivity index (χ1) is 11.2. The van der Waals surface area contributed by atoms with Crippen molar-refractivity contribution in [2.45, 2.75) is 31.3 Å². The summed E-state index contributed by atoms with van der Waals surface area (Å²) in [5.41, 5.74) is 9.18. The Morgan fingerprint density at radius 2 is 2.13 bits per heavy atom. The molecule has 2 aromatic rings. The fourth-order valence-corrected chi connectivity index (χ4v) is 3.88. The van der Waals surface area contributed by atoms with Gasteiger partial charge < -0.3 is 15.2 Å². The summed E-state index contributed by atoms with van der Waals surface area (Å²) in [4.78, 5) is 18.9. The highest BCUT2D eigenvalue weighted by atomic mass is 16.1. The van der Waals surface area contributed by atoms with Gasteiger partial charge in [-0.25, -0.2) is 0 Å². The molecule has 0 amide bonds. The summed E-state index contributed by atoms with van der Waals surface area (Å²) < 4.78 is 1.78. The number of piperidine rings is 1. The number of nitrogens with zero attached hydrogens (tertiary/aromatic N) is 4. The van der Waals surface area contributed by atoms with E-state index < -0.39 is 0 Å². The van der Waals surface area contributed by atoms with E-state index in [9.17, 15) is 10.1 Å². The summed E-state index contributed by atoms with van der Waals surface area (Å²) in [5, 5.41) is 9.45. The molecule has 2 aliphatic rings. The lowest BCUT2D eigenvalue weighted by atomic mass is 9.95. The van der Waals surface area contributed by atoms with Gasteiger partial charge in [0.1, 0.15) is 6.07 Å². The minimum atomic E-state index is -0.0150. The second-order valence-corrected chi connectivity index (χ2v) is 6.55. The lowest BCUT2D eigenvalue weighted by Gasteiger charge is -2.32. The predicted octanol–water partition coefficient (Wildman–Crippen LogP) is 0.788. The van der Waals surface area contributed by atoms with Gasteiger partial charge in [-0.15, -0.1) is 0 Å². The van der Waals surface area contributed by atoms with Crippen LogP contribution < -0.4 is 11.3 Å². The second-order valence-electron chi connectivity index (χ2n) is 6.55. The van der Waals surface area contributed by atoms with Crippen LogP contribution in [0.5, 0.6) is 0 Å². The van der Waals surface area contributed by atoms with Gasteiger partial charge in [0.15, 0.2) is 0 Å². The summed E-state index contributed by atoms with van der Waals surface area (Å²) in [6.07, 6.45) is 3.66. The maximum atomic E-state index is 12.2. The van der Waals surface area contributed by atoms with Crippen molar-refractivity contribution in [2.75, 3.05) is 19.6 Å². The summed E-state index contributed by atoms with van der Waals surface area (Å²) in [6, 6.07) is 5.87. The molecule has 6 heteroatoms. The third-order valence-corrected chi connectivity index (χ3v) is 5.08. The van der Waals surface area contributed by atoms with Gasteiger partial charge in [-0.1, -0.05) is 0 Å². The molecule has 1 saturated heterocycles. The number of rotatable bonds is 2. The maximum absolute atomic E-state index is 12.2. The quantitative estimate of drug-likeness (QED) is 0.886. The number of hydrogen-bond acceptors (Lipinski definition) is 5. The van der Waals surface area contributed by atoms with E-state index in [0.29, 0.717) is 18.2 Å². The number of nitriles is 1. The molecule has 23 heavy (non-hydrogen) atoms. The topological polar surface area (TPSA) is 87.9 Å². The molecule has 2 N–H and O–H groups in total. The number of pyridine rings is 2. The number of aromatic nitrogens is 2. The van der Waals surface area contributed by atoms with Crippen LogP contribution in [0.2, 0.25) is 0 Å². The van der Waals surface area contributed by atoms with Crippen molar-refractivity contribution in [3.63, 3.8) is 0 Å². The molecule has 4 rings (SSSR count). The van der Waals surface area contributed by atoms with E-state index >= 15 is 0 Å². The highest BCUT2D eigenvalue weighted by Gasteiger charge is 2.31. The van der Waals surface area contributed by atoms with Crippen LogP contribution in [0, 0.1) is 11.3 Å². The molecular weight excluding hydrogens is 290 g/mol. The van der Waals surface area contributed by atoms with Crippen LogP contribution in [-0.2, 0) is 6.54 Å². The van der Waals surface area contributed by atoms with Gasteiger partial charge in [-0.05, 0) is 32.0 Å². The van der Waals surface area contributed by atoms with E-state index in [2.05, 4.69) is 16.0 Å². The van der Waals surface area contributed by atoms with Crippen LogP contribution in [0.3, 0.4) is 0 Å². The first-order valence-electron chi connectivity index (χ1n) is 8.08. The zero-order chi connectivity index (χ0) is 16.0. The first-order valence-corrected chi connectivity index (χ1v) is 8.08. The largest absolute Gasteiger partial charge is 0.328 e. The van der Waals surface area contributed by atoms with Gasteiger partial charge in [0.05, 0.1) is 16.6 Å². The molecule has 1 atom stereocenters. The van der Waals surface area contributed by atoms with Crippen molar-refractivity contribution in [1.29, 1.82) is 5.26 Å². The third kappa shape index (κ3) is 2.33. The Kier molecular flexibility index (Phi) is 3.40. The SMILES string of the molecule is N#Cc1cnc2ccc(=O)n3c2c1C(CN1CCC(N)CC1)C3. The van der Waals surface area contributed by atoms with Crippen molar-refractivity contribution < 1.29 is 0 Å². The standard InChI is InChI=1S/C17H19N5O/c18-7-11-8-20-14-1-2-15(23)22-10-12(16(11)17(14)22)9-21-5-3-13(19)4-6-21/h1-2,8,12-13H,3-6,9-10,19H2. The third-order valence-electron chi connectivity index (χ3n) is 5.08. The van der Waals surface area contributed by atoms with E-state index in [1.807, 2.05) is 0 Å². The molecule has 0 bridgehead atoms. The van der Waals surface area contributed by atoms with Crippen LogP contribution in [0.4, 0.5) is 0 Å². The molecule has 0 saturated carbocycles. The summed E-state index contributed by atoms with van der Waals surface area (Å²) in [5.74, 6) is 0.166. The van der Waals surface area contributed by atoms with Crippen molar-refractivity contribution in [3.05, 3.63) is 39.8 Å². The van der Waals surface area contributed by atoms with E-state index in [0.717, 1.165) is 49.1 Å². The van der Waals surface area contributed by atoms with E-state index in [1.54, 1.807) is 22.9 Å². The highest BCUT2D eigenvalue weighted by molar-refractivity contribution is 5.82. The Hall–Kier alpha value is -2.23. The smallest absolute Gasteiger partial charge is 0.251 e. The van der Waals surface area contributed by atoms with Crippen LogP contribution in [0.15, 0.2) is 23.1 Å². The molecule has 2 aromatic heterocycles. The van der Waals surface area contributed by atoms with Crippen LogP contribution in [0.1, 0.15) is 29.9 Å². The van der Waals surface area contributed by atoms with Crippen molar-refractivity contribution in [1.82, 2.24) is 14.5 Å². The van der Waals surface area contributed by atoms with Gasteiger partial charge >= 0.3 is 0 Å². The average molecular weight is 309 g/mol. The van der Waals surface area contributed by atoms with E-state index in [1.165, 1.54) is 0 Å². The molecule has 0 aliphatic carbocycles. The highest BCUT2D eigenvalue weighted by Crippen LogP contribution is 2.35. The Balaban J connectivity index is 1.74. The Labute approximate surface area is 134 Å². The molecule has 6 nitrogen and oxygen atoms in total. The molecule has 2 aliphatic heterocycles. The molecule has 0 spiro atoms. The second kappa shape index (κ2) is 5.44. The Morgan fingerprint density at radius 3 is 2.87 bits per heavy atom. The van der Waals surface area contributed by atoms with Gasteiger partial charge in [-0.3, -0.25) is 9.78 Å². The van der Waals surface area contributed by atoms with E-state index in [4.69, 9.17) is 5.73 Å². The molecule has 1 unspecified atom stereocenters. The average Bonchev–Trinajstić information content (AvgIpc) is 2.94. The number of likely N-dealkylation sites (tertiary alicyclic amines) is 1. The Morgan fingerprint density at radius 1 is 1.35 bits per heavy atom. The van der Waals surface area contributed by atoms with Gasteiger partial charge in [0, 0.05) is 42.9 Å². The van der Waals surface area contributed by atoms with Crippen LogP contribution in [0.25, 0.3) is 11.0 Å². The minimum absolute atomic E-state index is 0.0150. The van der Waals surface area contributed by atoms with Crippen molar-refractivity contribution in [3.8, 4) is 6.07 Å². The summed E-state index contributed by atoms with van der Waals surface area (Å²) >= 11 is 0. The monoisotopic (exact) mass is 309 g/mol. The maximum Gasteiger partial charge on any atom is 0.251 e. The molecule has 0 aromatic carbocycles. The number of nitrogens with two attached hydrogens (primary N) is 1. The summed E-state index contributed by atoms with van der Waals surface area (Å²) in [7, 11) is 0. The lowest BCUT2D eigenvalue weighted by Crippen LogP contribution is -2.41. The molecular formula is C17H19N5O. The van der Waals surface area contributed by atoms with E-state index in [-0.39, 0.29) is 11.5 Å². The van der Waals surface area contributed by atoms with Crippen LogP contribution >= 0.6 is 0 Å². The summed E-state index contributed by atoms with van der Waals surface area (Å²) in [6.45, 7) is 3.47. The first kappa shape index (κ1) is 14.4. The molecule has 118 valence electrons. The van der Waals surface area contributed by atoms with Gasteiger partial charge in [0.25, 0.3) is 5.56 Å². The zero-order valence-electron chi connectivity index (χ0n) is 12.9. The molecule has 1 fully saturated rings.